The summed E-state index contributed by atoms with van der Waals surface area (Å²) in [5.74, 6) is -7.76. The molecule has 0 bridgehead atoms. The summed E-state index contributed by atoms with van der Waals surface area (Å²) < 4.78 is 95.1. The van der Waals surface area contributed by atoms with Gasteiger partial charge in [-0.2, -0.15) is 0 Å². The number of halogens is 4. The van der Waals surface area contributed by atoms with E-state index in [4.69, 9.17) is 23.7 Å². The molecular weight excluding hydrogens is 885 g/mol. The Hall–Kier alpha value is -3.45. The van der Waals surface area contributed by atoms with Gasteiger partial charge in [-0.3, -0.25) is 24.0 Å². The van der Waals surface area contributed by atoms with E-state index in [2.05, 4.69) is 0 Å². The van der Waals surface area contributed by atoms with Gasteiger partial charge in [0.2, 0.25) is 5.78 Å². The second kappa shape index (κ2) is 14.8. The quantitative estimate of drug-likeness (QED) is 0.238. The van der Waals surface area contributed by atoms with Crippen molar-refractivity contribution in [2.45, 2.75) is 172 Å². The zero-order valence-electron chi connectivity index (χ0n) is 39.3. The van der Waals surface area contributed by atoms with E-state index >= 15 is 17.6 Å². The van der Waals surface area contributed by atoms with Crippen LogP contribution in [0.3, 0.4) is 0 Å². The summed E-state index contributed by atoms with van der Waals surface area (Å²) in [4.78, 5) is 62.1. The molecule has 13 nitrogen and oxygen atoms in total. The number of carbonyl (C=O) groups is 5. The highest BCUT2D eigenvalue weighted by Crippen LogP contribution is 2.74. The molecule has 0 aromatic rings. The average Bonchev–Trinajstić information content (AvgIpc) is 3.85. The number of allylic oxidation sites excluding steroid dienone is 8. The second-order valence-electron chi connectivity index (χ2n) is 22.7. The molecule has 8 aliphatic carbocycles. The Bertz CT molecular complexity index is 2350. The van der Waals surface area contributed by atoms with E-state index in [9.17, 15) is 39.3 Å². The summed E-state index contributed by atoms with van der Waals surface area (Å²) in [7, 11) is 0. The number of hydrogen-bond donors (Lipinski definition) is 3. The minimum Gasteiger partial charge on any atom is -0.458 e. The van der Waals surface area contributed by atoms with Gasteiger partial charge in [-0.05, 0) is 127 Å². The van der Waals surface area contributed by atoms with Crippen LogP contribution in [-0.4, -0.2) is 129 Å². The molecule has 6 saturated carbocycles. The van der Waals surface area contributed by atoms with Crippen LogP contribution in [0.5, 0.6) is 0 Å². The Kier molecular flexibility index (Phi) is 10.7. The highest BCUT2D eigenvalue weighted by molar-refractivity contribution is 6.02. The number of carbonyl (C=O) groups excluding carboxylic acids is 5. The Labute approximate surface area is 386 Å². The van der Waals surface area contributed by atoms with E-state index in [1.165, 1.54) is 45.1 Å². The lowest BCUT2D eigenvalue weighted by molar-refractivity contribution is -0.249. The molecular formula is C50H62F4O13. The van der Waals surface area contributed by atoms with Gasteiger partial charge in [0.05, 0.1) is 24.4 Å². The first-order valence-corrected chi connectivity index (χ1v) is 23.4. The number of aliphatic hydroxyl groups excluding tert-OH is 3. The number of Topliss-reactive ketones (excluding diaryl/α,β-unsaturated/α-hetero) is 2. The van der Waals surface area contributed by atoms with Crippen LogP contribution in [-0.2, 0) is 47.7 Å². The van der Waals surface area contributed by atoms with Crippen LogP contribution >= 0.6 is 0 Å². The molecule has 67 heavy (non-hydrogen) atoms. The predicted molar refractivity (Wildman–Crippen MR) is 227 cm³/mol. The summed E-state index contributed by atoms with van der Waals surface area (Å²) >= 11 is 0. The molecule has 8 fully saturated rings. The van der Waals surface area contributed by atoms with E-state index in [0.29, 0.717) is 0 Å². The van der Waals surface area contributed by atoms with Crippen molar-refractivity contribution in [2.24, 2.45) is 45.3 Å². The second-order valence-corrected chi connectivity index (χ2v) is 22.7. The molecule has 2 aliphatic heterocycles. The van der Waals surface area contributed by atoms with Crippen LogP contribution in [0.2, 0.25) is 0 Å². The summed E-state index contributed by atoms with van der Waals surface area (Å²) in [5, 5.41) is 32.6. The van der Waals surface area contributed by atoms with Gasteiger partial charge in [-0.1, -0.05) is 26.0 Å². The number of fused-ring (bicyclic) bond motifs is 14. The van der Waals surface area contributed by atoms with Gasteiger partial charge in [0.15, 0.2) is 58.1 Å². The Morgan fingerprint density at radius 2 is 1.04 bits per heavy atom. The summed E-state index contributed by atoms with van der Waals surface area (Å²) in [6.07, 6.45) is -0.497. The van der Waals surface area contributed by atoms with Crippen LogP contribution in [0.25, 0.3) is 0 Å². The van der Waals surface area contributed by atoms with Crippen LogP contribution in [0, 0.1) is 45.3 Å². The molecule has 0 aromatic carbocycles. The van der Waals surface area contributed by atoms with E-state index in [1.807, 2.05) is 0 Å². The number of hydrogen-bond acceptors (Lipinski definition) is 13. The van der Waals surface area contributed by atoms with Crippen molar-refractivity contribution < 1.29 is 80.5 Å². The highest BCUT2D eigenvalue weighted by atomic mass is 19.2. The lowest BCUT2D eigenvalue weighted by Gasteiger charge is -2.63. The van der Waals surface area contributed by atoms with Gasteiger partial charge < -0.3 is 39.0 Å². The van der Waals surface area contributed by atoms with Gasteiger partial charge in [0, 0.05) is 40.4 Å². The predicted octanol–water partition coefficient (Wildman–Crippen LogP) is 5.30. The summed E-state index contributed by atoms with van der Waals surface area (Å²) in [6.45, 7) is 13.1. The van der Waals surface area contributed by atoms with Crippen molar-refractivity contribution in [3.8, 4) is 0 Å². The SMILES string of the molecule is CC(=O)OCC(=O)[C@@]12OC(C)(C)O[C@@H]1C[C@H]1[C@@H]3C[C@H](F)C4=CC(=O)C=C[C@]4(C)[C@@]3(F)[C@@H](O)C[C@@]12C.CC1(C)O[C@@H]2C[C@H]3[C@@H]4C[C@H](F)C5=CC(=O)C=C[C@]5(C)[C@@]4(F)[C@@H](O)C[C@]3(C)[C@]2(C(=O)CO)O1. The average molecular weight is 947 g/mol. The van der Waals surface area contributed by atoms with Crippen molar-refractivity contribution in [3.05, 3.63) is 47.6 Å². The third-order valence-corrected chi connectivity index (χ3v) is 18.6. The standard InChI is InChI=1S/C26H32F2O7.C24H30F2O6/c1-13(29)33-12-20(32)26-21(34-22(2,3)35-26)10-15-16-9-18(27)17-8-14(30)6-7-23(17,4)25(16,28)19(31)11-24(15,26)5;1-20(2)31-19-9-13-14-8-16(25)15-7-12(28)5-6-21(15,3)23(14,26)17(29)10-22(13,4)24(19,32-20)18(30)11-27/h6-8,15-16,18-19,21,31H,9-12H2,1-5H3;5-7,13-14,16-17,19,27,29H,8-11H2,1-4H3/t15-,16-,18-,19-,21+,23-,24-,25-,26+;13-,14-,16-,17-,19+,21-,22-,23-,24+/m00/s1. The lowest BCUT2D eigenvalue weighted by atomic mass is 9.44. The molecule has 18 atom stereocenters. The third-order valence-electron chi connectivity index (χ3n) is 18.6. The normalized spacial score (nSPS) is 51.2. The van der Waals surface area contributed by atoms with E-state index in [-0.39, 0.29) is 49.7 Å². The number of ether oxygens (including phenoxy) is 5. The van der Waals surface area contributed by atoms with Gasteiger partial charge in [-0.25, -0.2) is 17.6 Å². The molecule has 0 aromatic heterocycles. The van der Waals surface area contributed by atoms with Gasteiger partial charge in [-0.15, -0.1) is 0 Å². The maximum absolute atomic E-state index is 17.3. The lowest BCUT2D eigenvalue weighted by Crippen LogP contribution is -2.71. The molecule has 2 heterocycles. The zero-order valence-corrected chi connectivity index (χ0v) is 39.3. The van der Waals surface area contributed by atoms with E-state index in [1.54, 1.807) is 41.5 Å². The van der Waals surface area contributed by atoms with Crippen LogP contribution in [0.15, 0.2) is 47.6 Å². The largest absolute Gasteiger partial charge is 0.458 e. The number of esters is 1. The maximum Gasteiger partial charge on any atom is 0.303 e. The van der Waals surface area contributed by atoms with Crippen LogP contribution < -0.4 is 0 Å². The number of rotatable bonds is 5. The van der Waals surface area contributed by atoms with Crippen molar-refractivity contribution in [3.63, 3.8) is 0 Å². The van der Waals surface area contributed by atoms with Crippen LogP contribution in [0.1, 0.15) is 101 Å². The first-order chi connectivity index (χ1) is 30.9. The van der Waals surface area contributed by atoms with E-state index < -0.39 is 159 Å². The first-order valence-electron chi connectivity index (χ1n) is 23.4. The topological polar surface area (TPSA) is 192 Å². The molecule has 10 rings (SSSR count). The number of alkyl halides is 4. The smallest absolute Gasteiger partial charge is 0.303 e. The first kappa shape index (κ1) is 48.6. The minimum atomic E-state index is -2.27. The molecule has 3 N–H and O–H groups in total. The molecule has 0 radical (unpaired) electrons. The Morgan fingerprint density at radius 3 is 1.42 bits per heavy atom. The van der Waals surface area contributed by atoms with Crippen molar-refractivity contribution >= 4 is 29.1 Å². The zero-order chi connectivity index (χ0) is 49.2. The minimum absolute atomic E-state index is 0.0406. The van der Waals surface area contributed by atoms with Gasteiger partial charge >= 0.3 is 5.97 Å². The highest BCUT2D eigenvalue weighted by Gasteiger charge is 2.82. The monoisotopic (exact) mass is 946 g/mol. The molecule has 2 saturated heterocycles. The summed E-state index contributed by atoms with van der Waals surface area (Å²) in [6, 6.07) is 0. The van der Waals surface area contributed by atoms with Gasteiger partial charge in [0.1, 0.15) is 19.0 Å². The van der Waals surface area contributed by atoms with Crippen LogP contribution in [0.4, 0.5) is 17.6 Å². The van der Waals surface area contributed by atoms with Crippen molar-refractivity contribution in [1.29, 1.82) is 0 Å². The number of ketones is 4. The van der Waals surface area contributed by atoms with Crippen molar-refractivity contribution in [2.75, 3.05) is 13.2 Å². The molecule has 0 spiro atoms. The molecule has 17 heteroatoms. The Balaban J connectivity index is 0.000000169. The molecule has 0 unspecified atom stereocenters. The third kappa shape index (κ3) is 6.00. The maximum atomic E-state index is 17.3. The Morgan fingerprint density at radius 1 is 0.657 bits per heavy atom. The molecule has 0 amide bonds. The molecule has 368 valence electrons. The fraction of sp³-hybridized carbons (Fsp3) is 0.740. The molecule has 10 aliphatic rings. The van der Waals surface area contributed by atoms with Gasteiger partial charge in [0.25, 0.3) is 0 Å². The fourth-order valence-electron chi connectivity index (χ4n) is 16.0. The van der Waals surface area contributed by atoms with Crippen molar-refractivity contribution in [1.82, 2.24) is 0 Å². The number of aliphatic hydroxyl groups is 3. The fourth-order valence-corrected chi connectivity index (χ4v) is 16.0. The van der Waals surface area contributed by atoms with E-state index in [0.717, 1.165) is 12.2 Å². The summed E-state index contributed by atoms with van der Waals surface area (Å²) in [5.41, 5.74) is -12.8.